The monoisotopic (exact) mass is 465 g/mol. The minimum Gasteiger partial charge on any atom is -0.379 e. The predicted molar refractivity (Wildman–Crippen MR) is 132 cm³/mol. The van der Waals surface area contributed by atoms with Gasteiger partial charge in [-0.1, -0.05) is 59.7 Å². The van der Waals surface area contributed by atoms with Gasteiger partial charge in [0.1, 0.15) is 0 Å². The number of nitrogens with zero attached hydrogens (tertiary/aromatic N) is 3. The normalized spacial score (nSPS) is 15.3. The van der Waals surface area contributed by atoms with E-state index in [2.05, 4.69) is 51.6 Å². The first-order valence-electron chi connectivity index (χ1n) is 11.4. The number of hydrogen-bond donors (Lipinski definition) is 2. The van der Waals surface area contributed by atoms with Crippen molar-refractivity contribution >= 4 is 18.1 Å². The van der Waals surface area contributed by atoms with E-state index in [1.54, 1.807) is 0 Å². The Bertz CT molecular complexity index is 1130. The number of amides is 1. The number of ether oxygens (including phenoxy) is 1. The Morgan fingerprint density at radius 3 is 2.64 bits per heavy atom. The Labute approximate surface area is 199 Å². The third-order valence-electron chi connectivity index (χ3n) is 6.04. The molecule has 0 saturated carbocycles. The van der Waals surface area contributed by atoms with Crippen LogP contribution in [0.25, 0.3) is 11.4 Å². The molecule has 0 aliphatic carbocycles. The fraction of sp³-hybridized carbons (Fsp3) is 0.400. The summed E-state index contributed by atoms with van der Waals surface area (Å²) < 4.78 is 7.94. The van der Waals surface area contributed by atoms with E-state index in [1.807, 2.05) is 35.8 Å². The lowest BCUT2D eigenvalue weighted by molar-refractivity contribution is -0.121. The van der Waals surface area contributed by atoms with Crippen LogP contribution in [0.3, 0.4) is 0 Å². The van der Waals surface area contributed by atoms with E-state index in [-0.39, 0.29) is 11.9 Å². The van der Waals surface area contributed by atoms with Gasteiger partial charge in [0.05, 0.1) is 19.3 Å². The Hall–Kier alpha value is -2.81. The molecule has 4 rings (SSSR count). The molecule has 1 saturated heterocycles. The van der Waals surface area contributed by atoms with E-state index < -0.39 is 0 Å². The molecule has 2 heterocycles. The molecule has 1 aliphatic rings. The fourth-order valence-corrected chi connectivity index (χ4v) is 4.41. The molecule has 1 atom stereocenters. The largest absolute Gasteiger partial charge is 0.379 e. The first kappa shape index (κ1) is 23.4. The molecule has 3 aromatic rings. The van der Waals surface area contributed by atoms with E-state index in [1.165, 1.54) is 16.7 Å². The Kier molecular flexibility index (Phi) is 7.69. The molecular weight excluding hydrogens is 434 g/mol. The van der Waals surface area contributed by atoms with Gasteiger partial charge in [0.2, 0.25) is 5.91 Å². The van der Waals surface area contributed by atoms with Crippen LogP contribution in [0.15, 0.2) is 48.5 Å². The summed E-state index contributed by atoms with van der Waals surface area (Å²) in [4.78, 5) is 15.2. The molecule has 7 nitrogen and oxygen atoms in total. The second kappa shape index (κ2) is 10.9. The van der Waals surface area contributed by atoms with Gasteiger partial charge in [-0.2, -0.15) is 5.10 Å². The number of carbonyl (C=O) groups excluding carboxylic acids is 1. The Morgan fingerprint density at radius 1 is 1.15 bits per heavy atom. The summed E-state index contributed by atoms with van der Waals surface area (Å²) in [6.45, 7) is 8.33. The maximum Gasteiger partial charge on any atom is 0.221 e. The molecule has 174 valence electrons. The lowest BCUT2D eigenvalue weighted by Gasteiger charge is -2.35. The molecular formula is C25H31N5O2S. The van der Waals surface area contributed by atoms with Gasteiger partial charge in [-0.25, -0.2) is 0 Å². The highest BCUT2D eigenvalue weighted by molar-refractivity contribution is 7.71. The molecule has 8 heteroatoms. The first-order chi connectivity index (χ1) is 16.0. The van der Waals surface area contributed by atoms with E-state index >= 15 is 0 Å². The van der Waals surface area contributed by atoms with Crippen molar-refractivity contribution in [2.45, 2.75) is 32.9 Å². The van der Waals surface area contributed by atoms with E-state index in [4.69, 9.17) is 17.0 Å². The van der Waals surface area contributed by atoms with Crippen molar-refractivity contribution in [1.29, 1.82) is 0 Å². The molecule has 1 amide bonds. The highest BCUT2D eigenvalue weighted by Crippen LogP contribution is 2.22. The molecule has 0 bridgehead atoms. The Balaban J connectivity index is 1.40. The van der Waals surface area contributed by atoms with Crippen LogP contribution in [-0.2, 0) is 16.1 Å². The maximum absolute atomic E-state index is 12.8. The number of aryl methyl sites for hydroxylation is 2. The second-order valence-electron chi connectivity index (χ2n) is 8.50. The molecule has 1 aliphatic heterocycles. The standard InChI is InChI=1S/C25H31N5O2S/c1-18-6-8-20(9-7-18)24-27-28-25(33)30(24)11-10-23(31)26-17-22(29-12-14-32-15-13-29)21-5-3-4-19(2)16-21/h3-9,16,22H,10-15,17H2,1-2H3,(H,26,31)(H,28,33). The van der Waals surface area contributed by atoms with E-state index in [9.17, 15) is 4.79 Å². The second-order valence-corrected chi connectivity index (χ2v) is 8.89. The van der Waals surface area contributed by atoms with Crippen molar-refractivity contribution in [3.05, 3.63) is 70.0 Å². The Morgan fingerprint density at radius 2 is 1.91 bits per heavy atom. The third kappa shape index (κ3) is 5.96. The van der Waals surface area contributed by atoms with Crippen LogP contribution in [0.2, 0.25) is 0 Å². The SMILES string of the molecule is Cc1ccc(-c2n[nH]c(=S)n2CCC(=O)NCC(c2cccc(C)c2)N2CCOCC2)cc1. The predicted octanol–water partition coefficient (Wildman–Crippen LogP) is 3.80. The van der Waals surface area contributed by atoms with Crippen LogP contribution < -0.4 is 5.32 Å². The number of nitrogens with one attached hydrogen (secondary N) is 2. The number of carbonyl (C=O) groups is 1. The number of hydrogen-bond acceptors (Lipinski definition) is 5. The van der Waals surface area contributed by atoms with Gasteiger partial charge in [-0.15, -0.1) is 0 Å². The summed E-state index contributed by atoms with van der Waals surface area (Å²) in [6.07, 6.45) is 0.330. The molecule has 33 heavy (non-hydrogen) atoms. The number of aromatic nitrogens is 3. The average Bonchev–Trinajstić information content (AvgIpc) is 3.19. The molecule has 2 N–H and O–H groups in total. The van der Waals surface area contributed by atoms with Gasteiger partial charge < -0.3 is 10.1 Å². The van der Waals surface area contributed by atoms with Gasteiger partial charge in [-0.05, 0) is 31.6 Å². The molecule has 2 aromatic carbocycles. The van der Waals surface area contributed by atoms with Crippen molar-refractivity contribution < 1.29 is 9.53 Å². The van der Waals surface area contributed by atoms with Crippen molar-refractivity contribution in [2.24, 2.45) is 0 Å². The molecule has 1 unspecified atom stereocenters. The van der Waals surface area contributed by atoms with E-state index in [0.29, 0.717) is 24.3 Å². The van der Waals surface area contributed by atoms with Crippen LogP contribution in [0, 0.1) is 18.6 Å². The van der Waals surface area contributed by atoms with Crippen molar-refractivity contribution in [2.75, 3.05) is 32.8 Å². The average molecular weight is 466 g/mol. The molecule has 1 fully saturated rings. The first-order valence-corrected chi connectivity index (χ1v) is 11.8. The van der Waals surface area contributed by atoms with Gasteiger partial charge in [0, 0.05) is 38.2 Å². The summed E-state index contributed by atoms with van der Waals surface area (Å²) >= 11 is 5.41. The summed E-state index contributed by atoms with van der Waals surface area (Å²) in [5, 5.41) is 10.4. The van der Waals surface area contributed by atoms with Crippen LogP contribution in [0.4, 0.5) is 0 Å². The van der Waals surface area contributed by atoms with Crippen LogP contribution in [0.5, 0.6) is 0 Å². The number of rotatable bonds is 8. The maximum atomic E-state index is 12.8. The minimum atomic E-state index is -0.00105. The summed E-state index contributed by atoms with van der Waals surface area (Å²) in [7, 11) is 0. The van der Waals surface area contributed by atoms with Gasteiger partial charge in [-0.3, -0.25) is 19.4 Å². The van der Waals surface area contributed by atoms with Gasteiger partial charge >= 0.3 is 0 Å². The smallest absolute Gasteiger partial charge is 0.221 e. The summed E-state index contributed by atoms with van der Waals surface area (Å²) in [5.41, 5.74) is 4.59. The number of H-pyrrole nitrogens is 1. The third-order valence-corrected chi connectivity index (χ3v) is 6.35. The number of benzene rings is 2. The van der Waals surface area contributed by atoms with Gasteiger partial charge in [0.15, 0.2) is 10.6 Å². The topological polar surface area (TPSA) is 75.2 Å². The highest BCUT2D eigenvalue weighted by atomic mass is 32.1. The lowest BCUT2D eigenvalue weighted by atomic mass is 10.0. The summed E-state index contributed by atoms with van der Waals surface area (Å²) in [6, 6.07) is 16.8. The molecule has 0 spiro atoms. The lowest BCUT2D eigenvalue weighted by Crippen LogP contribution is -2.44. The van der Waals surface area contributed by atoms with Crippen LogP contribution >= 0.6 is 12.2 Å². The van der Waals surface area contributed by atoms with Crippen molar-refractivity contribution in [3.8, 4) is 11.4 Å². The zero-order valence-corrected chi connectivity index (χ0v) is 20.0. The van der Waals surface area contributed by atoms with Gasteiger partial charge in [0.25, 0.3) is 0 Å². The minimum absolute atomic E-state index is 0.00105. The number of aromatic amines is 1. The van der Waals surface area contributed by atoms with Crippen molar-refractivity contribution in [3.63, 3.8) is 0 Å². The number of morpholine rings is 1. The quantitative estimate of drug-likeness (QED) is 0.495. The molecule has 1 aromatic heterocycles. The van der Waals surface area contributed by atoms with Crippen LogP contribution in [-0.4, -0.2) is 58.4 Å². The fourth-order valence-electron chi connectivity index (χ4n) is 4.18. The van der Waals surface area contributed by atoms with Crippen molar-refractivity contribution in [1.82, 2.24) is 25.0 Å². The zero-order chi connectivity index (χ0) is 23.2. The summed E-state index contributed by atoms with van der Waals surface area (Å²) in [5.74, 6) is 0.748. The van der Waals surface area contributed by atoms with E-state index in [0.717, 1.165) is 37.7 Å². The van der Waals surface area contributed by atoms with Crippen LogP contribution in [0.1, 0.15) is 29.2 Å². The molecule has 0 radical (unpaired) electrons. The zero-order valence-electron chi connectivity index (χ0n) is 19.2. The highest BCUT2D eigenvalue weighted by Gasteiger charge is 2.23.